The van der Waals surface area contributed by atoms with E-state index in [1.807, 2.05) is 35.7 Å². The maximum atomic E-state index is 11.3. The molecule has 1 aromatic heterocycles. The molecule has 1 heterocycles. The average molecular weight is 396 g/mol. The minimum absolute atomic E-state index is 0.533. The summed E-state index contributed by atoms with van der Waals surface area (Å²) in [7, 11) is -3.27. The van der Waals surface area contributed by atoms with Crippen molar-refractivity contribution in [1.29, 1.82) is 0 Å². The summed E-state index contributed by atoms with van der Waals surface area (Å²) in [4.78, 5) is 4.63. The number of hydrogen-bond acceptors (Lipinski definition) is 5. The fourth-order valence-electron chi connectivity index (χ4n) is 2.78. The first kappa shape index (κ1) is 17.5. The molecule has 0 unspecified atom stereocenters. The van der Waals surface area contributed by atoms with Crippen molar-refractivity contribution < 1.29 is 8.42 Å². The summed E-state index contributed by atoms with van der Waals surface area (Å²) in [5, 5.41) is 8.50. The topological polar surface area (TPSA) is 71.1 Å². The van der Waals surface area contributed by atoms with Crippen LogP contribution in [0.4, 0.5) is 16.5 Å². The molecule has 0 saturated carbocycles. The number of benzene rings is 3. The molecule has 4 rings (SSSR count). The van der Waals surface area contributed by atoms with Crippen molar-refractivity contribution in [2.45, 2.75) is 0 Å². The summed E-state index contributed by atoms with van der Waals surface area (Å²) in [5.74, 6) is 0. The maximum Gasteiger partial charge on any atom is 0.229 e. The highest BCUT2D eigenvalue weighted by molar-refractivity contribution is 7.92. The average Bonchev–Trinajstić information content (AvgIpc) is 3.09. The third-order valence-corrected chi connectivity index (χ3v) is 5.35. The Morgan fingerprint density at radius 3 is 2.33 bits per heavy atom. The Hall–Kier alpha value is -2.90. The summed E-state index contributed by atoms with van der Waals surface area (Å²) in [6.07, 6.45) is 1.13. The van der Waals surface area contributed by atoms with Crippen LogP contribution in [0.2, 0.25) is 0 Å². The van der Waals surface area contributed by atoms with Gasteiger partial charge in [-0.1, -0.05) is 42.5 Å². The van der Waals surface area contributed by atoms with E-state index in [1.54, 1.807) is 12.1 Å². The zero-order valence-electron chi connectivity index (χ0n) is 14.5. The van der Waals surface area contributed by atoms with Gasteiger partial charge in [0.15, 0.2) is 5.13 Å². The number of sulfonamides is 1. The predicted molar refractivity (Wildman–Crippen MR) is 113 cm³/mol. The zero-order valence-corrected chi connectivity index (χ0v) is 16.1. The molecule has 0 amide bonds. The molecule has 0 aliphatic rings. The minimum Gasteiger partial charge on any atom is -0.332 e. The van der Waals surface area contributed by atoms with Gasteiger partial charge in [0.25, 0.3) is 0 Å². The monoisotopic (exact) mass is 395 g/mol. The second-order valence-corrected chi connectivity index (χ2v) is 8.78. The van der Waals surface area contributed by atoms with Gasteiger partial charge in [-0.3, -0.25) is 4.72 Å². The summed E-state index contributed by atoms with van der Waals surface area (Å²) in [5.41, 5.74) is 3.29. The van der Waals surface area contributed by atoms with Crippen LogP contribution >= 0.6 is 11.3 Å². The van der Waals surface area contributed by atoms with E-state index in [2.05, 4.69) is 39.3 Å². The number of hydrogen-bond donors (Lipinski definition) is 2. The van der Waals surface area contributed by atoms with E-state index in [4.69, 9.17) is 0 Å². The number of rotatable bonds is 5. The number of nitrogens with one attached hydrogen (secondary N) is 2. The first-order chi connectivity index (χ1) is 13.0. The molecule has 4 aromatic rings. The van der Waals surface area contributed by atoms with Crippen LogP contribution in [0, 0.1) is 0 Å². The smallest absolute Gasteiger partial charge is 0.229 e. The van der Waals surface area contributed by atoms with Crippen LogP contribution < -0.4 is 10.0 Å². The van der Waals surface area contributed by atoms with Crippen LogP contribution in [0.5, 0.6) is 0 Å². The molecule has 0 spiro atoms. The summed E-state index contributed by atoms with van der Waals surface area (Å²) in [6, 6.07) is 21.6. The van der Waals surface area contributed by atoms with E-state index >= 15 is 0 Å². The molecule has 0 atom stereocenters. The molecule has 0 saturated heterocycles. The lowest BCUT2D eigenvalue weighted by Crippen LogP contribution is -2.09. The molecule has 0 radical (unpaired) electrons. The Balaban J connectivity index is 1.52. The molecule has 0 aliphatic carbocycles. The predicted octanol–water partition coefficient (Wildman–Crippen LogP) is 5.08. The fourth-order valence-corrected chi connectivity index (χ4v) is 4.08. The first-order valence-corrected chi connectivity index (χ1v) is 11.0. The lowest BCUT2D eigenvalue weighted by molar-refractivity contribution is 0.607. The number of nitrogens with zero attached hydrogens (tertiary/aromatic N) is 1. The van der Waals surface area contributed by atoms with Gasteiger partial charge in [-0.15, -0.1) is 11.3 Å². The largest absolute Gasteiger partial charge is 0.332 e. The molecule has 0 aliphatic heterocycles. The number of thiazole rings is 1. The van der Waals surface area contributed by atoms with Crippen LogP contribution in [-0.2, 0) is 10.0 Å². The third kappa shape index (κ3) is 4.27. The van der Waals surface area contributed by atoms with Gasteiger partial charge in [-0.25, -0.2) is 13.4 Å². The highest BCUT2D eigenvalue weighted by Gasteiger charge is 2.07. The van der Waals surface area contributed by atoms with Crippen LogP contribution in [0.3, 0.4) is 0 Å². The van der Waals surface area contributed by atoms with Gasteiger partial charge >= 0.3 is 0 Å². The van der Waals surface area contributed by atoms with Gasteiger partial charge in [-0.05, 0) is 35.0 Å². The Morgan fingerprint density at radius 2 is 1.59 bits per heavy atom. The fraction of sp³-hybridized carbons (Fsp3) is 0.0500. The molecule has 3 aromatic carbocycles. The molecule has 2 N–H and O–H groups in total. The Morgan fingerprint density at radius 1 is 0.889 bits per heavy atom. The Bertz CT molecular complexity index is 1200. The summed E-state index contributed by atoms with van der Waals surface area (Å²) < 4.78 is 25.0. The van der Waals surface area contributed by atoms with Crippen molar-refractivity contribution in [3.63, 3.8) is 0 Å². The lowest BCUT2D eigenvalue weighted by Gasteiger charge is -2.05. The van der Waals surface area contributed by atoms with E-state index in [0.717, 1.165) is 28.3 Å². The highest BCUT2D eigenvalue weighted by Crippen LogP contribution is 2.29. The molecule has 0 bridgehead atoms. The van der Waals surface area contributed by atoms with Crippen LogP contribution in [0.15, 0.2) is 72.1 Å². The van der Waals surface area contributed by atoms with E-state index in [1.165, 1.54) is 22.1 Å². The van der Waals surface area contributed by atoms with Gasteiger partial charge in [0.2, 0.25) is 10.0 Å². The minimum atomic E-state index is -3.27. The second kappa shape index (κ2) is 7.02. The molecule has 136 valence electrons. The van der Waals surface area contributed by atoms with Crippen molar-refractivity contribution in [2.24, 2.45) is 0 Å². The van der Waals surface area contributed by atoms with Crippen molar-refractivity contribution in [1.82, 2.24) is 4.98 Å². The van der Waals surface area contributed by atoms with Crippen LogP contribution in [-0.4, -0.2) is 19.7 Å². The summed E-state index contributed by atoms with van der Waals surface area (Å²) >= 11 is 1.53. The molecular formula is C20H17N3O2S2. The lowest BCUT2D eigenvalue weighted by atomic mass is 10.1. The standard InChI is InChI=1S/C20H17N3O2S2/c1-27(24,25)23-17-9-7-15(8-10-17)19-13-26-20(22-19)21-18-11-6-14-4-2-3-5-16(14)12-18/h2-13,23H,1H3,(H,21,22). The van der Waals surface area contributed by atoms with Crippen molar-refractivity contribution in [3.05, 3.63) is 72.1 Å². The van der Waals surface area contributed by atoms with Crippen molar-refractivity contribution in [3.8, 4) is 11.3 Å². The third-order valence-electron chi connectivity index (χ3n) is 3.99. The van der Waals surface area contributed by atoms with Gasteiger partial charge in [0.05, 0.1) is 11.9 Å². The molecule has 27 heavy (non-hydrogen) atoms. The van der Waals surface area contributed by atoms with Gasteiger partial charge in [0.1, 0.15) is 0 Å². The maximum absolute atomic E-state index is 11.3. The van der Waals surface area contributed by atoms with E-state index < -0.39 is 10.0 Å². The number of fused-ring (bicyclic) bond motifs is 1. The van der Waals surface area contributed by atoms with E-state index in [9.17, 15) is 8.42 Å². The van der Waals surface area contributed by atoms with Gasteiger partial charge in [-0.2, -0.15) is 0 Å². The number of anilines is 3. The van der Waals surface area contributed by atoms with Gasteiger partial charge in [0, 0.05) is 22.3 Å². The molecule has 7 heteroatoms. The zero-order chi connectivity index (χ0) is 18.9. The molecule has 0 fully saturated rings. The summed E-state index contributed by atoms with van der Waals surface area (Å²) in [6.45, 7) is 0. The quantitative estimate of drug-likeness (QED) is 0.494. The van der Waals surface area contributed by atoms with Gasteiger partial charge < -0.3 is 5.32 Å². The van der Waals surface area contributed by atoms with Crippen molar-refractivity contribution in [2.75, 3.05) is 16.3 Å². The molecular weight excluding hydrogens is 378 g/mol. The Kier molecular flexibility index (Phi) is 4.55. The SMILES string of the molecule is CS(=O)(=O)Nc1ccc(-c2csc(Nc3ccc4ccccc4c3)n2)cc1. The molecule has 5 nitrogen and oxygen atoms in total. The van der Waals surface area contributed by atoms with Crippen LogP contribution in [0.1, 0.15) is 0 Å². The van der Waals surface area contributed by atoms with Crippen LogP contribution in [0.25, 0.3) is 22.0 Å². The van der Waals surface area contributed by atoms with Crippen molar-refractivity contribution >= 4 is 48.6 Å². The first-order valence-electron chi connectivity index (χ1n) is 8.26. The highest BCUT2D eigenvalue weighted by atomic mass is 32.2. The number of aromatic nitrogens is 1. The van der Waals surface area contributed by atoms with E-state index in [0.29, 0.717) is 5.69 Å². The normalized spacial score (nSPS) is 11.4. The van der Waals surface area contributed by atoms with E-state index in [-0.39, 0.29) is 0 Å². The Labute approximate surface area is 161 Å². The second-order valence-electron chi connectivity index (χ2n) is 6.18.